The number of aryl methyl sites for hydroxylation is 4. The van der Waals surface area contributed by atoms with Crippen molar-refractivity contribution in [2.24, 2.45) is 7.05 Å². The van der Waals surface area contributed by atoms with E-state index in [2.05, 4.69) is 15.5 Å². The van der Waals surface area contributed by atoms with Gasteiger partial charge in [0.05, 0.1) is 12.3 Å². The molecule has 0 bridgehead atoms. The van der Waals surface area contributed by atoms with Crippen LogP contribution in [-0.4, -0.2) is 44.6 Å². The van der Waals surface area contributed by atoms with Gasteiger partial charge in [0, 0.05) is 31.9 Å². The zero-order chi connectivity index (χ0) is 17.7. The molecule has 0 fully saturated rings. The second kappa shape index (κ2) is 7.76. The summed E-state index contributed by atoms with van der Waals surface area (Å²) in [5, 5.41) is 11.2. The SMILES string of the molecule is CCOC(=O)c1cc(C(=O)NCCCn2nc(C)cc2C)nn1C. The fraction of sp³-hybridized carbons (Fsp3) is 0.500. The highest BCUT2D eigenvalue weighted by Gasteiger charge is 2.18. The molecule has 2 heterocycles. The Hall–Kier alpha value is -2.64. The van der Waals surface area contributed by atoms with E-state index in [1.807, 2.05) is 24.6 Å². The molecule has 0 saturated carbocycles. The summed E-state index contributed by atoms with van der Waals surface area (Å²) in [6.45, 7) is 7.19. The summed E-state index contributed by atoms with van der Waals surface area (Å²) in [5.74, 6) is -0.800. The summed E-state index contributed by atoms with van der Waals surface area (Å²) in [6, 6.07) is 3.46. The first kappa shape index (κ1) is 17.7. The van der Waals surface area contributed by atoms with Gasteiger partial charge in [-0.3, -0.25) is 14.2 Å². The first-order valence-corrected chi connectivity index (χ1v) is 7.92. The number of nitrogens with one attached hydrogen (secondary N) is 1. The lowest BCUT2D eigenvalue weighted by molar-refractivity contribution is 0.0513. The predicted octanol–water partition coefficient (Wildman–Crippen LogP) is 1.23. The molecule has 1 amide bonds. The molecule has 0 unspecified atom stereocenters. The normalized spacial score (nSPS) is 10.7. The third-order valence-electron chi connectivity index (χ3n) is 3.53. The van der Waals surface area contributed by atoms with Gasteiger partial charge in [-0.15, -0.1) is 0 Å². The number of carbonyl (C=O) groups is 2. The second-order valence-electron chi connectivity index (χ2n) is 5.52. The maximum absolute atomic E-state index is 12.1. The summed E-state index contributed by atoms with van der Waals surface area (Å²) in [7, 11) is 1.60. The molecule has 8 heteroatoms. The summed E-state index contributed by atoms with van der Waals surface area (Å²) in [5.41, 5.74) is 2.54. The number of hydrogen-bond acceptors (Lipinski definition) is 5. The molecular formula is C16H23N5O3. The number of nitrogens with zero attached hydrogens (tertiary/aromatic N) is 4. The van der Waals surface area contributed by atoms with Crippen LogP contribution in [-0.2, 0) is 18.3 Å². The first-order valence-electron chi connectivity index (χ1n) is 7.92. The highest BCUT2D eigenvalue weighted by atomic mass is 16.5. The van der Waals surface area contributed by atoms with Crippen molar-refractivity contribution in [2.45, 2.75) is 33.7 Å². The smallest absolute Gasteiger partial charge is 0.356 e. The molecule has 1 N–H and O–H groups in total. The molecule has 0 aliphatic heterocycles. The van der Waals surface area contributed by atoms with Gasteiger partial charge < -0.3 is 10.1 Å². The predicted molar refractivity (Wildman–Crippen MR) is 87.8 cm³/mol. The number of rotatable bonds is 7. The van der Waals surface area contributed by atoms with Gasteiger partial charge in [-0.1, -0.05) is 0 Å². The van der Waals surface area contributed by atoms with Crippen LogP contribution in [0.2, 0.25) is 0 Å². The van der Waals surface area contributed by atoms with Crippen molar-refractivity contribution in [3.63, 3.8) is 0 Å². The van der Waals surface area contributed by atoms with Gasteiger partial charge in [-0.2, -0.15) is 10.2 Å². The largest absolute Gasteiger partial charge is 0.461 e. The van der Waals surface area contributed by atoms with Crippen molar-refractivity contribution in [2.75, 3.05) is 13.2 Å². The van der Waals surface area contributed by atoms with E-state index >= 15 is 0 Å². The number of hydrogen-bond donors (Lipinski definition) is 1. The van der Waals surface area contributed by atoms with E-state index in [-0.39, 0.29) is 23.9 Å². The average molecular weight is 333 g/mol. The van der Waals surface area contributed by atoms with Gasteiger partial charge in [-0.05, 0) is 33.3 Å². The van der Waals surface area contributed by atoms with Crippen molar-refractivity contribution in [1.29, 1.82) is 0 Å². The fourth-order valence-corrected chi connectivity index (χ4v) is 2.40. The molecular weight excluding hydrogens is 310 g/mol. The average Bonchev–Trinajstić information content (AvgIpc) is 3.06. The van der Waals surface area contributed by atoms with Gasteiger partial charge in [0.1, 0.15) is 5.69 Å². The Bertz CT molecular complexity index is 732. The molecule has 0 spiro atoms. The van der Waals surface area contributed by atoms with E-state index in [0.717, 1.165) is 24.4 Å². The minimum atomic E-state index is -0.490. The van der Waals surface area contributed by atoms with E-state index < -0.39 is 5.97 Å². The van der Waals surface area contributed by atoms with Crippen molar-refractivity contribution >= 4 is 11.9 Å². The van der Waals surface area contributed by atoms with Crippen molar-refractivity contribution < 1.29 is 14.3 Å². The fourth-order valence-electron chi connectivity index (χ4n) is 2.40. The van der Waals surface area contributed by atoms with Crippen LogP contribution in [0.3, 0.4) is 0 Å². The lowest BCUT2D eigenvalue weighted by Gasteiger charge is -2.05. The summed E-state index contributed by atoms with van der Waals surface area (Å²) < 4.78 is 8.19. The number of aromatic nitrogens is 4. The molecule has 8 nitrogen and oxygen atoms in total. The third-order valence-corrected chi connectivity index (χ3v) is 3.53. The van der Waals surface area contributed by atoms with Crippen LogP contribution in [0, 0.1) is 13.8 Å². The Balaban J connectivity index is 1.85. The van der Waals surface area contributed by atoms with Crippen LogP contribution in [0.5, 0.6) is 0 Å². The molecule has 0 saturated heterocycles. The van der Waals surface area contributed by atoms with Gasteiger partial charge in [-0.25, -0.2) is 4.79 Å². The number of ether oxygens (including phenoxy) is 1. The van der Waals surface area contributed by atoms with Gasteiger partial charge in [0.2, 0.25) is 0 Å². The highest BCUT2D eigenvalue weighted by Crippen LogP contribution is 2.06. The molecule has 0 aromatic carbocycles. The lowest BCUT2D eigenvalue weighted by atomic mass is 10.3. The third kappa shape index (κ3) is 4.21. The van der Waals surface area contributed by atoms with E-state index in [1.165, 1.54) is 10.7 Å². The van der Waals surface area contributed by atoms with Crippen molar-refractivity contribution in [3.05, 3.63) is 34.9 Å². The zero-order valence-electron chi connectivity index (χ0n) is 14.5. The molecule has 130 valence electrons. The topological polar surface area (TPSA) is 91.0 Å². The first-order chi connectivity index (χ1) is 11.4. The second-order valence-corrected chi connectivity index (χ2v) is 5.52. The monoisotopic (exact) mass is 333 g/mol. The van der Waals surface area contributed by atoms with E-state index in [4.69, 9.17) is 4.74 Å². The van der Waals surface area contributed by atoms with Crippen LogP contribution < -0.4 is 5.32 Å². The molecule has 2 aromatic heterocycles. The van der Waals surface area contributed by atoms with E-state index in [0.29, 0.717) is 6.54 Å². The maximum atomic E-state index is 12.1. The molecule has 2 rings (SSSR count). The molecule has 24 heavy (non-hydrogen) atoms. The van der Waals surface area contributed by atoms with E-state index in [1.54, 1.807) is 14.0 Å². The molecule has 0 aliphatic carbocycles. The van der Waals surface area contributed by atoms with Crippen LogP contribution in [0.1, 0.15) is 45.7 Å². The van der Waals surface area contributed by atoms with Crippen LogP contribution >= 0.6 is 0 Å². The Morgan fingerprint density at radius 1 is 1.25 bits per heavy atom. The Kier molecular flexibility index (Phi) is 5.73. The summed E-state index contributed by atoms with van der Waals surface area (Å²) in [6.07, 6.45) is 0.755. The quantitative estimate of drug-likeness (QED) is 0.608. The summed E-state index contributed by atoms with van der Waals surface area (Å²) in [4.78, 5) is 23.8. The minimum absolute atomic E-state index is 0.201. The lowest BCUT2D eigenvalue weighted by Crippen LogP contribution is -2.26. The van der Waals surface area contributed by atoms with Crippen LogP contribution in [0.4, 0.5) is 0 Å². The minimum Gasteiger partial charge on any atom is -0.461 e. The van der Waals surface area contributed by atoms with Crippen LogP contribution in [0.25, 0.3) is 0 Å². The zero-order valence-corrected chi connectivity index (χ0v) is 14.5. The Labute approximate surface area is 140 Å². The molecule has 2 aromatic rings. The standard InChI is InChI=1S/C16H23N5O3/c1-5-24-16(23)14-10-13(19-20(14)4)15(22)17-7-6-8-21-12(3)9-11(2)18-21/h9-10H,5-8H2,1-4H3,(H,17,22). The van der Waals surface area contributed by atoms with Gasteiger partial charge in [0.25, 0.3) is 5.91 Å². The highest BCUT2D eigenvalue weighted by molar-refractivity contribution is 5.95. The number of amides is 1. The number of carbonyl (C=O) groups excluding carboxylic acids is 2. The van der Waals surface area contributed by atoms with Gasteiger partial charge in [0.15, 0.2) is 5.69 Å². The summed E-state index contributed by atoms with van der Waals surface area (Å²) >= 11 is 0. The maximum Gasteiger partial charge on any atom is 0.356 e. The Morgan fingerprint density at radius 2 is 2.00 bits per heavy atom. The van der Waals surface area contributed by atoms with Crippen LogP contribution in [0.15, 0.2) is 12.1 Å². The Morgan fingerprint density at radius 3 is 2.62 bits per heavy atom. The van der Waals surface area contributed by atoms with Crippen molar-refractivity contribution in [1.82, 2.24) is 24.9 Å². The van der Waals surface area contributed by atoms with Gasteiger partial charge >= 0.3 is 5.97 Å². The molecule has 0 radical (unpaired) electrons. The molecule has 0 atom stereocenters. The van der Waals surface area contributed by atoms with Crippen molar-refractivity contribution in [3.8, 4) is 0 Å². The molecule has 0 aliphatic rings. The van der Waals surface area contributed by atoms with E-state index in [9.17, 15) is 9.59 Å². The number of esters is 1.